The van der Waals surface area contributed by atoms with Crippen LogP contribution in [0, 0.1) is 11.3 Å². The molecular weight excluding hydrogens is 252 g/mol. The number of aryl methyl sites for hydroxylation is 1. The maximum absolute atomic E-state index is 9.22. The molecule has 1 aromatic heterocycles. The first-order valence-electron chi connectivity index (χ1n) is 6.78. The number of para-hydroxylation sites is 1. The van der Waals surface area contributed by atoms with E-state index in [0.717, 1.165) is 42.8 Å². The molecule has 5 nitrogen and oxygen atoms in total. The Kier molecular flexibility index (Phi) is 4.72. The first kappa shape index (κ1) is 14.1. The summed E-state index contributed by atoms with van der Waals surface area (Å²) in [6, 6.07) is 9.73. The van der Waals surface area contributed by atoms with Crippen molar-refractivity contribution in [1.82, 2.24) is 15.0 Å². The predicted molar refractivity (Wildman–Crippen MR) is 76.3 cm³/mol. The van der Waals surface area contributed by atoms with Gasteiger partial charge in [-0.1, -0.05) is 37.1 Å². The Labute approximate surface area is 118 Å². The third-order valence-electron chi connectivity index (χ3n) is 3.18. The van der Waals surface area contributed by atoms with Gasteiger partial charge in [0.25, 0.3) is 0 Å². The zero-order chi connectivity index (χ0) is 14.4. The number of methoxy groups -OCH3 is 1. The van der Waals surface area contributed by atoms with Gasteiger partial charge in [-0.3, -0.25) is 0 Å². The van der Waals surface area contributed by atoms with E-state index in [1.807, 2.05) is 24.3 Å². The molecule has 0 saturated heterocycles. The van der Waals surface area contributed by atoms with E-state index in [4.69, 9.17) is 4.74 Å². The molecule has 0 atom stereocenters. The maximum Gasteiger partial charge on any atom is 0.190 e. The van der Waals surface area contributed by atoms with Crippen LogP contribution in [-0.2, 0) is 6.54 Å². The van der Waals surface area contributed by atoms with Crippen molar-refractivity contribution in [2.24, 2.45) is 0 Å². The second-order valence-corrected chi connectivity index (χ2v) is 4.53. The molecule has 0 radical (unpaired) electrons. The van der Waals surface area contributed by atoms with Crippen LogP contribution in [0.3, 0.4) is 0 Å². The van der Waals surface area contributed by atoms with Crippen LogP contribution in [0.1, 0.15) is 31.9 Å². The van der Waals surface area contributed by atoms with Gasteiger partial charge in [0.15, 0.2) is 5.69 Å². The van der Waals surface area contributed by atoms with Crippen LogP contribution in [0.5, 0.6) is 5.75 Å². The molecule has 0 N–H and O–H groups in total. The summed E-state index contributed by atoms with van der Waals surface area (Å²) in [5.41, 5.74) is 1.93. The van der Waals surface area contributed by atoms with Crippen LogP contribution in [0.4, 0.5) is 0 Å². The highest BCUT2D eigenvalue weighted by Gasteiger charge is 2.17. The zero-order valence-electron chi connectivity index (χ0n) is 11.8. The molecule has 0 bridgehead atoms. The lowest BCUT2D eigenvalue weighted by atomic mass is 10.1. The molecule has 104 valence electrons. The van der Waals surface area contributed by atoms with Crippen molar-refractivity contribution in [3.8, 4) is 23.1 Å². The zero-order valence-corrected chi connectivity index (χ0v) is 11.8. The smallest absolute Gasteiger partial charge is 0.190 e. The molecule has 0 fully saturated rings. The number of benzene rings is 1. The third-order valence-corrected chi connectivity index (χ3v) is 3.18. The monoisotopic (exact) mass is 270 g/mol. The van der Waals surface area contributed by atoms with Crippen LogP contribution >= 0.6 is 0 Å². The van der Waals surface area contributed by atoms with E-state index >= 15 is 0 Å². The number of hydrogen-bond acceptors (Lipinski definition) is 4. The Bertz CT molecular complexity index is 613. The molecule has 0 saturated carbocycles. The fraction of sp³-hybridized carbons (Fsp3) is 0.400. The Morgan fingerprint density at radius 1 is 1.30 bits per heavy atom. The van der Waals surface area contributed by atoms with E-state index in [2.05, 4.69) is 23.3 Å². The van der Waals surface area contributed by atoms with Gasteiger partial charge < -0.3 is 4.74 Å². The minimum Gasteiger partial charge on any atom is -0.496 e. The first-order valence-corrected chi connectivity index (χ1v) is 6.78. The lowest BCUT2D eigenvalue weighted by Gasteiger charge is -2.10. The lowest BCUT2D eigenvalue weighted by molar-refractivity contribution is 0.415. The molecule has 2 rings (SSSR count). The SMILES string of the molecule is CCCCCn1nnc(C#N)c1-c1ccccc1OC. The van der Waals surface area contributed by atoms with Gasteiger partial charge in [0, 0.05) is 12.1 Å². The van der Waals surface area contributed by atoms with E-state index in [1.165, 1.54) is 0 Å². The van der Waals surface area contributed by atoms with Crippen molar-refractivity contribution in [2.75, 3.05) is 7.11 Å². The maximum atomic E-state index is 9.22. The highest BCUT2D eigenvalue weighted by Crippen LogP contribution is 2.31. The molecule has 5 heteroatoms. The predicted octanol–water partition coefficient (Wildman–Crippen LogP) is 3.02. The van der Waals surface area contributed by atoms with Crippen molar-refractivity contribution < 1.29 is 4.74 Å². The molecular formula is C15H18N4O. The summed E-state index contributed by atoms with van der Waals surface area (Å²) >= 11 is 0. The summed E-state index contributed by atoms with van der Waals surface area (Å²) < 4.78 is 7.17. The van der Waals surface area contributed by atoms with Crippen molar-refractivity contribution in [1.29, 1.82) is 5.26 Å². The van der Waals surface area contributed by atoms with Gasteiger partial charge in [0.1, 0.15) is 17.5 Å². The average molecular weight is 270 g/mol. The van der Waals surface area contributed by atoms with E-state index in [0.29, 0.717) is 5.69 Å². The molecule has 0 aliphatic heterocycles. The van der Waals surface area contributed by atoms with E-state index in [9.17, 15) is 5.26 Å². The summed E-state index contributed by atoms with van der Waals surface area (Å²) in [5.74, 6) is 0.725. The Morgan fingerprint density at radius 2 is 2.10 bits per heavy atom. The van der Waals surface area contributed by atoms with Crippen LogP contribution in [0.15, 0.2) is 24.3 Å². The molecule has 2 aromatic rings. The van der Waals surface area contributed by atoms with Crippen molar-refractivity contribution in [2.45, 2.75) is 32.7 Å². The molecule has 0 unspecified atom stereocenters. The minimum atomic E-state index is 0.339. The summed E-state index contributed by atoms with van der Waals surface area (Å²) in [5, 5.41) is 17.3. The minimum absolute atomic E-state index is 0.339. The summed E-state index contributed by atoms with van der Waals surface area (Å²) in [6.07, 6.45) is 3.30. The average Bonchev–Trinajstić information content (AvgIpc) is 2.90. The molecule has 20 heavy (non-hydrogen) atoms. The summed E-state index contributed by atoms with van der Waals surface area (Å²) in [6.45, 7) is 2.92. The second kappa shape index (κ2) is 6.71. The number of nitrogens with zero attached hydrogens (tertiary/aromatic N) is 4. The van der Waals surface area contributed by atoms with Gasteiger partial charge in [0.05, 0.1) is 7.11 Å². The largest absolute Gasteiger partial charge is 0.496 e. The van der Waals surface area contributed by atoms with Crippen LogP contribution in [-0.4, -0.2) is 22.1 Å². The van der Waals surface area contributed by atoms with Crippen LogP contribution < -0.4 is 4.74 Å². The van der Waals surface area contributed by atoms with Crippen LogP contribution in [0.25, 0.3) is 11.3 Å². The topological polar surface area (TPSA) is 63.7 Å². The molecule has 0 spiro atoms. The van der Waals surface area contributed by atoms with Gasteiger partial charge in [-0.25, -0.2) is 4.68 Å². The molecule has 0 aliphatic rings. The summed E-state index contributed by atoms with van der Waals surface area (Å²) in [4.78, 5) is 0. The van der Waals surface area contributed by atoms with Gasteiger partial charge in [0.2, 0.25) is 0 Å². The van der Waals surface area contributed by atoms with Gasteiger partial charge in [-0.05, 0) is 18.6 Å². The highest BCUT2D eigenvalue weighted by atomic mass is 16.5. The van der Waals surface area contributed by atoms with Gasteiger partial charge in [-0.15, -0.1) is 5.10 Å². The van der Waals surface area contributed by atoms with Crippen molar-refractivity contribution >= 4 is 0 Å². The van der Waals surface area contributed by atoms with Crippen LogP contribution in [0.2, 0.25) is 0 Å². The normalized spacial score (nSPS) is 10.2. The quantitative estimate of drug-likeness (QED) is 0.757. The van der Waals surface area contributed by atoms with E-state index in [-0.39, 0.29) is 0 Å². The fourth-order valence-electron chi connectivity index (χ4n) is 2.16. The Balaban J connectivity index is 2.43. The van der Waals surface area contributed by atoms with Crippen molar-refractivity contribution in [3.63, 3.8) is 0 Å². The molecule has 1 heterocycles. The van der Waals surface area contributed by atoms with Gasteiger partial charge >= 0.3 is 0 Å². The second-order valence-electron chi connectivity index (χ2n) is 4.53. The number of aromatic nitrogens is 3. The number of rotatable bonds is 6. The lowest BCUT2D eigenvalue weighted by Crippen LogP contribution is -2.04. The Hall–Kier alpha value is -2.35. The standard InChI is InChI=1S/C15H18N4O/c1-3-4-7-10-19-15(13(11-16)17-18-19)12-8-5-6-9-14(12)20-2/h5-6,8-9H,3-4,7,10H2,1-2H3. The third kappa shape index (κ3) is 2.80. The molecule has 0 aliphatic carbocycles. The molecule has 0 amide bonds. The van der Waals surface area contributed by atoms with Gasteiger partial charge in [-0.2, -0.15) is 5.26 Å². The van der Waals surface area contributed by atoms with E-state index in [1.54, 1.807) is 11.8 Å². The number of ether oxygens (including phenoxy) is 1. The molecule has 1 aromatic carbocycles. The Morgan fingerprint density at radius 3 is 2.80 bits per heavy atom. The fourth-order valence-corrected chi connectivity index (χ4v) is 2.16. The number of unbranched alkanes of at least 4 members (excludes halogenated alkanes) is 2. The summed E-state index contributed by atoms with van der Waals surface area (Å²) in [7, 11) is 1.62. The first-order chi connectivity index (χ1) is 9.81. The van der Waals surface area contributed by atoms with E-state index < -0.39 is 0 Å². The number of hydrogen-bond donors (Lipinski definition) is 0. The number of nitriles is 1. The van der Waals surface area contributed by atoms with Crippen molar-refractivity contribution in [3.05, 3.63) is 30.0 Å². The highest BCUT2D eigenvalue weighted by molar-refractivity contribution is 5.71.